The van der Waals surface area contributed by atoms with Gasteiger partial charge in [-0.3, -0.25) is 4.98 Å². The minimum absolute atomic E-state index is 0.550. The molecule has 0 bridgehead atoms. The summed E-state index contributed by atoms with van der Waals surface area (Å²) >= 11 is 5.13. The SMILES string of the molecule is [S-]c1ncnc2c1cnn2Cc1ccccc1. The Morgan fingerprint density at radius 3 is 2.76 bits per heavy atom. The first kappa shape index (κ1) is 10.2. The van der Waals surface area contributed by atoms with E-state index in [9.17, 15) is 0 Å². The third-order valence-corrected chi connectivity index (χ3v) is 2.90. The van der Waals surface area contributed by atoms with Gasteiger partial charge < -0.3 is 12.6 Å². The molecule has 0 aliphatic heterocycles. The van der Waals surface area contributed by atoms with E-state index in [2.05, 4.69) is 27.2 Å². The number of rotatable bonds is 2. The molecule has 2 aromatic heterocycles. The van der Waals surface area contributed by atoms with Crippen molar-refractivity contribution < 1.29 is 0 Å². The highest BCUT2D eigenvalue weighted by molar-refractivity contribution is 7.59. The molecule has 0 atom stereocenters. The Kier molecular flexibility index (Phi) is 2.45. The summed E-state index contributed by atoms with van der Waals surface area (Å²) in [6, 6.07) is 10.1. The van der Waals surface area contributed by atoms with Crippen LogP contribution >= 0.6 is 0 Å². The van der Waals surface area contributed by atoms with E-state index in [1.54, 1.807) is 6.20 Å². The Hall–Kier alpha value is -2.01. The molecule has 4 nitrogen and oxygen atoms in total. The Bertz CT molecular complexity index is 648. The van der Waals surface area contributed by atoms with Crippen molar-refractivity contribution in [2.24, 2.45) is 0 Å². The Balaban J connectivity index is 2.05. The van der Waals surface area contributed by atoms with E-state index in [1.165, 1.54) is 11.9 Å². The van der Waals surface area contributed by atoms with Crippen LogP contribution in [0.15, 0.2) is 47.9 Å². The molecule has 5 heteroatoms. The molecule has 0 amide bonds. The second kappa shape index (κ2) is 4.10. The number of benzene rings is 1. The van der Waals surface area contributed by atoms with Crippen LogP contribution in [0, 0.1) is 0 Å². The maximum atomic E-state index is 5.13. The molecule has 0 saturated carbocycles. The zero-order chi connectivity index (χ0) is 11.7. The van der Waals surface area contributed by atoms with Crippen molar-refractivity contribution in [3.8, 4) is 0 Å². The molecular weight excluding hydrogens is 232 g/mol. The van der Waals surface area contributed by atoms with Gasteiger partial charge in [-0.05, 0) is 5.56 Å². The van der Waals surface area contributed by atoms with Gasteiger partial charge in [0.2, 0.25) is 0 Å². The summed E-state index contributed by atoms with van der Waals surface area (Å²) in [7, 11) is 0. The van der Waals surface area contributed by atoms with E-state index in [0.717, 1.165) is 11.0 Å². The van der Waals surface area contributed by atoms with E-state index in [0.29, 0.717) is 11.6 Å². The minimum Gasteiger partial charge on any atom is -0.759 e. The van der Waals surface area contributed by atoms with Crippen LogP contribution in [0.1, 0.15) is 5.56 Å². The molecule has 0 aliphatic rings. The first-order chi connectivity index (χ1) is 8.34. The van der Waals surface area contributed by atoms with Crippen LogP contribution in [0.3, 0.4) is 0 Å². The highest BCUT2D eigenvalue weighted by Crippen LogP contribution is 2.14. The first-order valence-corrected chi connectivity index (χ1v) is 5.63. The monoisotopic (exact) mass is 241 g/mol. The van der Waals surface area contributed by atoms with Gasteiger partial charge in [-0.15, -0.1) is 0 Å². The summed E-state index contributed by atoms with van der Waals surface area (Å²) in [5.41, 5.74) is 1.97. The largest absolute Gasteiger partial charge is 0.759 e. The van der Waals surface area contributed by atoms with Gasteiger partial charge in [0.25, 0.3) is 0 Å². The average molecular weight is 241 g/mol. The molecule has 84 valence electrons. The summed E-state index contributed by atoms with van der Waals surface area (Å²) in [4.78, 5) is 8.20. The normalized spacial score (nSPS) is 10.8. The number of nitrogens with zero attached hydrogens (tertiary/aromatic N) is 4. The number of hydrogen-bond acceptors (Lipinski definition) is 4. The molecular formula is C12H9N4S-. The lowest BCUT2D eigenvalue weighted by Gasteiger charge is -2.06. The fourth-order valence-electron chi connectivity index (χ4n) is 1.74. The van der Waals surface area contributed by atoms with Crippen LogP contribution < -0.4 is 0 Å². The molecule has 1 aromatic carbocycles. The second-order valence-electron chi connectivity index (χ2n) is 3.70. The highest BCUT2D eigenvalue weighted by atomic mass is 32.1. The fourth-order valence-corrected chi connectivity index (χ4v) is 1.93. The van der Waals surface area contributed by atoms with Gasteiger partial charge >= 0.3 is 0 Å². The van der Waals surface area contributed by atoms with Crippen molar-refractivity contribution in [2.45, 2.75) is 11.6 Å². The lowest BCUT2D eigenvalue weighted by molar-refractivity contribution is 0.703. The van der Waals surface area contributed by atoms with E-state index in [1.807, 2.05) is 22.9 Å². The van der Waals surface area contributed by atoms with Gasteiger partial charge in [0.1, 0.15) is 6.33 Å². The second-order valence-corrected chi connectivity index (χ2v) is 4.09. The van der Waals surface area contributed by atoms with E-state index < -0.39 is 0 Å². The van der Waals surface area contributed by atoms with Gasteiger partial charge in [0, 0.05) is 5.39 Å². The molecule has 2 heterocycles. The Morgan fingerprint density at radius 1 is 1.12 bits per heavy atom. The minimum atomic E-state index is 0.550. The van der Waals surface area contributed by atoms with Crippen LogP contribution in [0.4, 0.5) is 0 Å². The maximum absolute atomic E-state index is 5.13. The van der Waals surface area contributed by atoms with Gasteiger partial charge in [-0.1, -0.05) is 35.4 Å². The number of hydrogen-bond donors (Lipinski definition) is 0. The number of aromatic nitrogens is 4. The summed E-state index contributed by atoms with van der Waals surface area (Å²) in [5, 5.41) is 5.68. The molecule has 3 rings (SSSR count). The van der Waals surface area contributed by atoms with Crippen LogP contribution in [0.2, 0.25) is 0 Å². The summed E-state index contributed by atoms with van der Waals surface area (Å²) < 4.78 is 1.84. The fraction of sp³-hybridized carbons (Fsp3) is 0.0833. The summed E-state index contributed by atoms with van der Waals surface area (Å²) in [5.74, 6) is 0. The molecule has 0 fully saturated rings. The van der Waals surface area contributed by atoms with Gasteiger partial charge in [-0.25, -0.2) is 9.67 Å². The number of fused-ring (bicyclic) bond motifs is 1. The first-order valence-electron chi connectivity index (χ1n) is 5.22. The van der Waals surface area contributed by atoms with Crippen molar-refractivity contribution in [1.29, 1.82) is 0 Å². The molecule has 0 spiro atoms. The van der Waals surface area contributed by atoms with E-state index in [4.69, 9.17) is 12.6 Å². The quantitative estimate of drug-likeness (QED) is 0.506. The van der Waals surface area contributed by atoms with E-state index in [-0.39, 0.29) is 0 Å². The summed E-state index contributed by atoms with van der Waals surface area (Å²) in [6.45, 7) is 0.691. The Labute approximate surface area is 104 Å². The van der Waals surface area contributed by atoms with Crippen molar-refractivity contribution in [2.75, 3.05) is 0 Å². The van der Waals surface area contributed by atoms with Crippen molar-refractivity contribution in [3.63, 3.8) is 0 Å². The molecule has 0 saturated heterocycles. The molecule has 0 unspecified atom stereocenters. The molecule has 0 N–H and O–H groups in total. The lowest BCUT2D eigenvalue weighted by atomic mass is 10.2. The molecule has 0 radical (unpaired) electrons. The summed E-state index contributed by atoms with van der Waals surface area (Å²) in [6.07, 6.45) is 3.20. The maximum Gasteiger partial charge on any atom is 0.159 e. The molecule has 3 aromatic rings. The van der Waals surface area contributed by atoms with E-state index >= 15 is 0 Å². The van der Waals surface area contributed by atoms with Crippen LogP contribution in [-0.4, -0.2) is 19.7 Å². The third kappa shape index (κ3) is 1.85. The highest BCUT2D eigenvalue weighted by Gasteiger charge is 2.04. The third-order valence-electron chi connectivity index (χ3n) is 2.57. The van der Waals surface area contributed by atoms with Crippen molar-refractivity contribution in [1.82, 2.24) is 19.7 Å². The zero-order valence-corrected chi connectivity index (χ0v) is 9.76. The van der Waals surface area contributed by atoms with Gasteiger partial charge in [0.05, 0.1) is 12.7 Å². The van der Waals surface area contributed by atoms with Gasteiger partial charge in [-0.2, -0.15) is 5.10 Å². The standard InChI is InChI=1S/C12H10N4S/c17-12-10-6-15-16(11(10)13-8-14-12)7-9-4-2-1-3-5-9/h1-6,8H,7H2,(H,13,14,17)/p-1. The molecule has 17 heavy (non-hydrogen) atoms. The zero-order valence-electron chi connectivity index (χ0n) is 8.95. The Morgan fingerprint density at radius 2 is 1.94 bits per heavy atom. The topological polar surface area (TPSA) is 43.6 Å². The van der Waals surface area contributed by atoms with Crippen molar-refractivity contribution >= 4 is 23.7 Å². The van der Waals surface area contributed by atoms with Crippen LogP contribution in [0.5, 0.6) is 0 Å². The predicted octanol–water partition coefficient (Wildman–Crippen LogP) is 1.78. The molecule has 0 aliphatic carbocycles. The van der Waals surface area contributed by atoms with Crippen LogP contribution in [0.25, 0.3) is 11.0 Å². The lowest BCUT2D eigenvalue weighted by Crippen LogP contribution is -2.02. The van der Waals surface area contributed by atoms with Gasteiger partial charge in [0.15, 0.2) is 5.65 Å². The predicted molar refractivity (Wildman–Crippen MR) is 66.5 cm³/mol. The smallest absolute Gasteiger partial charge is 0.159 e. The van der Waals surface area contributed by atoms with Crippen molar-refractivity contribution in [3.05, 3.63) is 48.4 Å². The van der Waals surface area contributed by atoms with Crippen LogP contribution in [-0.2, 0) is 19.2 Å². The average Bonchev–Trinajstić information content (AvgIpc) is 2.76.